The number of hydrogen-bond donors (Lipinski definition) is 1. The molecule has 1 aliphatic rings. The van der Waals surface area contributed by atoms with E-state index >= 15 is 0 Å². The van der Waals surface area contributed by atoms with Crippen LogP contribution in [0.25, 0.3) is 0 Å². The fourth-order valence-corrected chi connectivity index (χ4v) is 3.53. The van der Waals surface area contributed by atoms with Crippen LogP contribution >= 0.6 is 0 Å². The van der Waals surface area contributed by atoms with Gasteiger partial charge in [0.2, 0.25) is 5.91 Å². The Bertz CT molecular complexity index is 905. The number of methoxy groups -OCH3 is 1. The quantitative estimate of drug-likeness (QED) is 0.731. The van der Waals surface area contributed by atoms with Crippen molar-refractivity contribution < 1.29 is 23.1 Å². The molecule has 0 aliphatic carbocycles. The maximum atomic E-state index is 13.3. The normalized spacial score (nSPS) is 16.9. The van der Waals surface area contributed by atoms with Crippen molar-refractivity contribution in [3.8, 4) is 0 Å². The van der Waals surface area contributed by atoms with Crippen LogP contribution in [0.15, 0.2) is 42.5 Å². The molecule has 2 aromatic rings. The van der Waals surface area contributed by atoms with Gasteiger partial charge in [-0.2, -0.15) is 0 Å². The van der Waals surface area contributed by atoms with Gasteiger partial charge in [-0.05, 0) is 43.3 Å². The second kappa shape index (κ2) is 9.67. The molecule has 0 saturated carbocycles. The number of anilines is 2. The number of carbonyl (C=O) groups is 2. The molecule has 1 unspecified atom stereocenters. The zero-order valence-electron chi connectivity index (χ0n) is 17.0. The minimum absolute atomic E-state index is 0.232. The van der Waals surface area contributed by atoms with E-state index in [-0.39, 0.29) is 30.0 Å². The molecule has 1 aliphatic heterocycles. The summed E-state index contributed by atoms with van der Waals surface area (Å²) in [6.07, 6.45) is 0.261. The molecule has 1 heterocycles. The number of rotatable bonds is 6. The van der Waals surface area contributed by atoms with Crippen molar-refractivity contribution in [2.45, 2.75) is 19.4 Å². The van der Waals surface area contributed by atoms with Gasteiger partial charge in [0.25, 0.3) is 0 Å². The van der Waals surface area contributed by atoms with E-state index in [0.29, 0.717) is 12.1 Å². The highest BCUT2D eigenvalue weighted by molar-refractivity contribution is 5.91. The fourth-order valence-electron chi connectivity index (χ4n) is 3.53. The summed E-state index contributed by atoms with van der Waals surface area (Å²) in [4.78, 5) is 28.2. The summed E-state index contributed by atoms with van der Waals surface area (Å²) in [6, 6.07) is 10.8. The average molecular weight is 417 g/mol. The van der Waals surface area contributed by atoms with E-state index in [1.165, 1.54) is 13.2 Å². The first-order chi connectivity index (χ1) is 14.4. The van der Waals surface area contributed by atoms with Crippen molar-refractivity contribution in [2.24, 2.45) is 0 Å². The molecule has 0 spiro atoms. The number of esters is 1. The molecular formula is C22H25F2N3O3. The van der Waals surface area contributed by atoms with Crippen molar-refractivity contribution in [2.75, 3.05) is 43.5 Å². The van der Waals surface area contributed by atoms with Gasteiger partial charge in [0.05, 0.1) is 12.7 Å². The second-order valence-electron chi connectivity index (χ2n) is 7.30. The summed E-state index contributed by atoms with van der Waals surface area (Å²) in [5.74, 6) is -2.53. The Morgan fingerprint density at radius 3 is 2.47 bits per heavy atom. The van der Waals surface area contributed by atoms with Crippen LogP contribution in [0, 0.1) is 11.6 Å². The Morgan fingerprint density at radius 2 is 1.83 bits per heavy atom. The van der Waals surface area contributed by atoms with E-state index in [0.717, 1.165) is 37.5 Å². The van der Waals surface area contributed by atoms with Crippen LogP contribution in [0.4, 0.5) is 20.2 Å². The van der Waals surface area contributed by atoms with Gasteiger partial charge in [-0.1, -0.05) is 0 Å². The lowest BCUT2D eigenvalue weighted by atomic mass is 10.1. The molecule has 1 fully saturated rings. The standard InChI is InChI=1S/C22H25F2N3O3/c1-15-14-27(18-6-3-16(4-7-18)22(29)30-2)12-11-26(15)10-9-21(28)25-17-5-8-19(23)20(24)13-17/h3-8,13,15H,9-12,14H2,1-2H3,(H,25,28). The van der Waals surface area contributed by atoms with Gasteiger partial charge >= 0.3 is 5.97 Å². The molecule has 1 amide bonds. The Hall–Kier alpha value is -3.00. The van der Waals surface area contributed by atoms with Crippen molar-refractivity contribution in [1.29, 1.82) is 0 Å². The van der Waals surface area contributed by atoms with Crippen LogP contribution in [0.1, 0.15) is 23.7 Å². The summed E-state index contributed by atoms with van der Waals surface area (Å²) in [5, 5.41) is 2.60. The highest BCUT2D eigenvalue weighted by Gasteiger charge is 2.24. The lowest BCUT2D eigenvalue weighted by Crippen LogP contribution is -2.52. The van der Waals surface area contributed by atoms with Crippen molar-refractivity contribution >= 4 is 23.3 Å². The van der Waals surface area contributed by atoms with Crippen LogP contribution < -0.4 is 10.2 Å². The predicted octanol–water partition coefficient (Wildman–Crippen LogP) is 3.29. The zero-order valence-corrected chi connectivity index (χ0v) is 17.0. The van der Waals surface area contributed by atoms with E-state index in [4.69, 9.17) is 4.74 Å². The topological polar surface area (TPSA) is 61.9 Å². The molecule has 1 saturated heterocycles. The van der Waals surface area contributed by atoms with E-state index in [2.05, 4.69) is 22.0 Å². The van der Waals surface area contributed by atoms with Crippen LogP contribution in [-0.4, -0.2) is 56.1 Å². The van der Waals surface area contributed by atoms with Crippen LogP contribution in [0.3, 0.4) is 0 Å². The van der Waals surface area contributed by atoms with Gasteiger partial charge in [0, 0.05) is 56.1 Å². The predicted molar refractivity (Wildman–Crippen MR) is 111 cm³/mol. The maximum Gasteiger partial charge on any atom is 0.337 e. The third kappa shape index (κ3) is 5.33. The molecule has 0 radical (unpaired) electrons. The molecule has 6 nitrogen and oxygen atoms in total. The Balaban J connectivity index is 1.48. The van der Waals surface area contributed by atoms with Gasteiger partial charge in [-0.15, -0.1) is 0 Å². The number of amides is 1. The van der Waals surface area contributed by atoms with E-state index < -0.39 is 11.6 Å². The molecule has 1 N–H and O–H groups in total. The highest BCUT2D eigenvalue weighted by atomic mass is 19.2. The zero-order chi connectivity index (χ0) is 21.7. The van der Waals surface area contributed by atoms with Gasteiger partial charge in [-0.25, -0.2) is 13.6 Å². The third-order valence-corrected chi connectivity index (χ3v) is 5.25. The molecule has 8 heteroatoms. The van der Waals surface area contributed by atoms with Gasteiger partial charge in [-0.3, -0.25) is 9.69 Å². The van der Waals surface area contributed by atoms with E-state index in [1.54, 1.807) is 12.1 Å². The minimum Gasteiger partial charge on any atom is -0.465 e. The van der Waals surface area contributed by atoms with Crippen LogP contribution in [-0.2, 0) is 9.53 Å². The molecule has 30 heavy (non-hydrogen) atoms. The molecule has 2 aromatic carbocycles. The highest BCUT2D eigenvalue weighted by Crippen LogP contribution is 2.20. The Kier molecular flexibility index (Phi) is 6.99. The van der Waals surface area contributed by atoms with Gasteiger partial charge in [0.1, 0.15) is 0 Å². The number of halogens is 2. The first-order valence-electron chi connectivity index (χ1n) is 9.79. The lowest BCUT2D eigenvalue weighted by molar-refractivity contribution is -0.116. The van der Waals surface area contributed by atoms with E-state index in [9.17, 15) is 18.4 Å². The number of nitrogens with zero attached hydrogens (tertiary/aromatic N) is 2. The number of piperazine rings is 1. The molecule has 1 atom stereocenters. The largest absolute Gasteiger partial charge is 0.465 e. The molecular weight excluding hydrogens is 392 g/mol. The smallest absolute Gasteiger partial charge is 0.337 e. The number of ether oxygens (including phenoxy) is 1. The molecule has 3 rings (SSSR count). The molecule has 160 valence electrons. The minimum atomic E-state index is -0.989. The van der Waals surface area contributed by atoms with Crippen LogP contribution in [0.2, 0.25) is 0 Å². The Labute approximate surface area is 174 Å². The van der Waals surface area contributed by atoms with Crippen molar-refractivity contribution in [3.63, 3.8) is 0 Å². The lowest BCUT2D eigenvalue weighted by Gasteiger charge is -2.41. The monoisotopic (exact) mass is 417 g/mol. The van der Waals surface area contributed by atoms with Gasteiger partial charge < -0.3 is 15.0 Å². The summed E-state index contributed by atoms with van der Waals surface area (Å²) < 4.78 is 30.9. The first kappa shape index (κ1) is 21.7. The SMILES string of the molecule is COC(=O)c1ccc(N2CCN(CCC(=O)Nc3ccc(F)c(F)c3)C(C)C2)cc1. The second-order valence-corrected chi connectivity index (χ2v) is 7.30. The number of benzene rings is 2. The number of hydrogen-bond acceptors (Lipinski definition) is 5. The summed E-state index contributed by atoms with van der Waals surface area (Å²) in [7, 11) is 1.36. The molecule has 0 aromatic heterocycles. The summed E-state index contributed by atoms with van der Waals surface area (Å²) in [5.41, 5.74) is 1.79. The average Bonchev–Trinajstić information content (AvgIpc) is 2.75. The van der Waals surface area contributed by atoms with Gasteiger partial charge in [0.15, 0.2) is 11.6 Å². The maximum absolute atomic E-state index is 13.3. The van der Waals surface area contributed by atoms with Crippen LogP contribution in [0.5, 0.6) is 0 Å². The number of carbonyl (C=O) groups excluding carboxylic acids is 2. The molecule has 0 bridgehead atoms. The Morgan fingerprint density at radius 1 is 1.10 bits per heavy atom. The van der Waals surface area contributed by atoms with Crippen molar-refractivity contribution in [1.82, 2.24) is 4.90 Å². The summed E-state index contributed by atoms with van der Waals surface area (Å²) >= 11 is 0. The number of nitrogens with one attached hydrogen (secondary N) is 1. The summed E-state index contributed by atoms with van der Waals surface area (Å²) in [6.45, 7) is 5.06. The fraction of sp³-hybridized carbons (Fsp3) is 0.364. The first-order valence-corrected chi connectivity index (χ1v) is 9.79. The third-order valence-electron chi connectivity index (χ3n) is 5.25. The van der Waals surface area contributed by atoms with Crippen molar-refractivity contribution in [3.05, 3.63) is 59.7 Å². The van der Waals surface area contributed by atoms with E-state index in [1.807, 2.05) is 12.1 Å².